The number of carbonyl (C=O) groups is 1. The van der Waals surface area contributed by atoms with E-state index in [9.17, 15) is 9.59 Å². The van der Waals surface area contributed by atoms with Crippen LogP contribution in [0.25, 0.3) is 21.9 Å². The Kier molecular flexibility index (Phi) is 6.41. The van der Waals surface area contributed by atoms with Crippen molar-refractivity contribution in [3.63, 3.8) is 0 Å². The average Bonchev–Trinajstić information content (AvgIpc) is 2.73. The van der Waals surface area contributed by atoms with E-state index in [0.29, 0.717) is 32.8 Å². The van der Waals surface area contributed by atoms with Crippen molar-refractivity contribution in [2.45, 2.75) is 43.4 Å². The molecule has 164 valence electrons. The molecule has 9 heteroatoms. The van der Waals surface area contributed by atoms with Gasteiger partial charge in [-0.15, -0.1) is 11.8 Å². The molecule has 1 fully saturated rings. The highest BCUT2D eigenvalue weighted by atomic mass is 35.5. The molecule has 0 unspecified atom stereocenters. The van der Waals surface area contributed by atoms with Crippen molar-refractivity contribution in [3.05, 3.63) is 39.5 Å². The molecule has 1 N–H and O–H groups in total. The molecule has 4 rings (SSSR count). The first kappa shape index (κ1) is 21.9. The van der Waals surface area contributed by atoms with Crippen LogP contribution in [0.5, 0.6) is 0 Å². The van der Waals surface area contributed by atoms with Gasteiger partial charge in [-0.2, -0.15) is 0 Å². The fourth-order valence-electron chi connectivity index (χ4n) is 3.93. The van der Waals surface area contributed by atoms with Crippen LogP contribution in [-0.4, -0.2) is 47.6 Å². The molecule has 0 atom stereocenters. The molecule has 2 aromatic heterocycles. The standard InChI is InChI=1S/C22H24ClN3O4S/c1-4-30-18(27)11-26-19-14(5-7-16(23)21(19)31-3)20(28)15-6-8-17(25-22(15)26)24-12-9-13(10-12)29-2/h5-8,12-13H,4,9-11H2,1-3H3,(H,24,25)/t12-,13+. The molecule has 2 heterocycles. The lowest BCUT2D eigenvalue weighted by molar-refractivity contribution is -0.143. The predicted octanol–water partition coefficient (Wildman–Crippen LogP) is 4.08. The quantitative estimate of drug-likeness (QED) is 0.322. The smallest absolute Gasteiger partial charge is 0.326 e. The molecule has 1 aliphatic rings. The summed E-state index contributed by atoms with van der Waals surface area (Å²) in [6.07, 6.45) is 3.94. The van der Waals surface area contributed by atoms with Crippen LogP contribution < -0.4 is 10.7 Å². The summed E-state index contributed by atoms with van der Waals surface area (Å²) in [5.41, 5.74) is 0.883. The second-order valence-corrected chi connectivity index (χ2v) is 8.66. The van der Waals surface area contributed by atoms with Crippen LogP contribution in [0, 0.1) is 0 Å². The molecule has 7 nitrogen and oxygen atoms in total. The molecule has 0 spiro atoms. The number of pyridine rings is 2. The second kappa shape index (κ2) is 9.06. The first-order valence-electron chi connectivity index (χ1n) is 10.1. The number of ether oxygens (including phenoxy) is 2. The van der Waals surface area contributed by atoms with Crippen LogP contribution in [0.2, 0.25) is 5.02 Å². The predicted molar refractivity (Wildman–Crippen MR) is 124 cm³/mol. The van der Waals surface area contributed by atoms with E-state index in [1.807, 2.05) is 6.26 Å². The molecule has 1 aromatic carbocycles. The molecule has 0 aliphatic heterocycles. The van der Waals surface area contributed by atoms with Crippen molar-refractivity contribution in [2.24, 2.45) is 0 Å². The fourth-order valence-corrected chi connectivity index (χ4v) is 4.99. The van der Waals surface area contributed by atoms with Gasteiger partial charge in [0.05, 0.1) is 33.5 Å². The number of nitrogens with zero attached hydrogens (tertiary/aromatic N) is 2. The number of hydrogen-bond donors (Lipinski definition) is 1. The Morgan fingerprint density at radius 2 is 2.03 bits per heavy atom. The van der Waals surface area contributed by atoms with Crippen LogP contribution in [0.3, 0.4) is 0 Å². The number of rotatable bonds is 7. The molecule has 0 radical (unpaired) electrons. The number of aromatic nitrogens is 2. The third-order valence-corrected chi connectivity index (χ3v) is 6.80. The minimum atomic E-state index is -0.400. The normalized spacial score (nSPS) is 18.2. The number of fused-ring (bicyclic) bond motifs is 2. The largest absolute Gasteiger partial charge is 0.465 e. The minimum Gasteiger partial charge on any atom is -0.465 e. The van der Waals surface area contributed by atoms with E-state index in [-0.39, 0.29) is 30.7 Å². The van der Waals surface area contributed by atoms with Crippen molar-refractivity contribution in [3.8, 4) is 0 Å². The van der Waals surface area contributed by atoms with Gasteiger partial charge in [-0.25, -0.2) is 4.98 Å². The third-order valence-electron chi connectivity index (χ3n) is 5.55. The van der Waals surface area contributed by atoms with Gasteiger partial charge in [0.15, 0.2) is 5.43 Å². The number of hydrogen-bond acceptors (Lipinski definition) is 7. The van der Waals surface area contributed by atoms with Gasteiger partial charge in [0, 0.05) is 18.5 Å². The average molecular weight is 462 g/mol. The Balaban J connectivity index is 1.91. The Hall–Kier alpha value is -2.29. The Bertz CT molecular complexity index is 1210. The Morgan fingerprint density at radius 1 is 1.29 bits per heavy atom. The van der Waals surface area contributed by atoms with E-state index in [4.69, 9.17) is 26.1 Å². The molecule has 0 amide bonds. The first-order valence-corrected chi connectivity index (χ1v) is 11.7. The van der Waals surface area contributed by atoms with Crippen LogP contribution in [0.15, 0.2) is 34.0 Å². The maximum atomic E-state index is 13.3. The summed E-state index contributed by atoms with van der Waals surface area (Å²) >= 11 is 7.86. The number of anilines is 1. The van der Waals surface area contributed by atoms with E-state index in [0.717, 1.165) is 17.7 Å². The molecule has 1 saturated carbocycles. The van der Waals surface area contributed by atoms with Crippen LogP contribution in [0.4, 0.5) is 5.82 Å². The molecular formula is C22H24ClN3O4S. The van der Waals surface area contributed by atoms with Crippen LogP contribution in [0.1, 0.15) is 19.8 Å². The summed E-state index contributed by atoms with van der Waals surface area (Å²) in [5, 5.41) is 4.85. The molecule has 31 heavy (non-hydrogen) atoms. The summed E-state index contributed by atoms with van der Waals surface area (Å²) in [7, 11) is 1.71. The number of halogens is 1. The van der Waals surface area contributed by atoms with E-state index < -0.39 is 5.97 Å². The summed E-state index contributed by atoms with van der Waals surface area (Å²) in [6, 6.07) is 7.23. The van der Waals surface area contributed by atoms with Crippen molar-refractivity contribution in [1.82, 2.24) is 9.55 Å². The lowest BCUT2D eigenvalue weighted by Gasteiger charge is -2.35. The maximum Gasteiger partial charge on any atom is 0.326 e. The molecular weight excluding hydrogens is 438 g/mol. The molecule has 0 bridgehead atoms. The third kappa shape index (κ3) is 4.12. The summed E-state index contributed by atoms with van der Waals surface area (Å²) in [4.78, 5) is 31.1. The zero-order valence-corrected chi connectivity index (χ0v) is 19.2. The van der Waals surface area contributed by atoms with E-state index >= 15 is 0 Å². The Labute approximate surface area is 189 Å². The van der Waals surface area contributed by atoms with Gasteiger partial charge < -0.3 is 19.4 Å². The number of carbonyl (C=O) groups excluding carboxylic acids is 1. The SMILES string of the molecule is CCOC(=O)Cn1c2nc(N[C@H]3C[C@@H](OC)C3)ccc2c(=O)c2ccc(Cl)c(SC)c21. The maximum absolute atomic E-state index is 13.3. The zero-order chi connectivity index (χ0) is 22.1. The van der Waals surface area contributed by atoms with Crippen molar-refractivity contribution in [2.75, 3.05) is 25.3 Å². The number of esters is 1. The molecule has 1 aliphatic carbocycles. The second-order valence-electron chi connectivity index (χ2n) is 7.44. The van der Waals surface area contributed by atoms with Crippen molar-refractivity contribution >= 4 is 57.1 Å². The number of benzene rings is 1. The van der Waals surface area contributed by atoms with Gasteiger partial charge in [-0.05, 0) is 50.3 Å². The first-order chi connectivity index (χ1) is 15.0. The van der Waals surface area contributed by atoms with Crippen molar-refractivity contribution in [1.29, 1.82) is 0 Å². The topological polar surface area (TPSA) is 82.5 Å². The molecule has 0 saturated heterocycles. The van der Waals surface area contributed by atoms with E-state index in [1.54, 1.807) is 42.9 Å². The number of nitrogens with one attached hydrogen (secondary N) is 1. The highest BCUT2D eigenvalue weighted by Crippen LogP contribution is 2.34. The van der Waals surface area contributed by atoms with Crippen molar-refractivity contribution < 1.29 is 14.3 Å². The zero-order valence-electron chi connectivity index (χ0n) is 17.6. The van der Waals surface area contributed by atoms with Gasteiger partial charge in [0.1, 0.15) is 18.0 Å². The van der Waals surface area contributed by atoms with Gasteiger partial charge in [-0.3, -0.25) is 9.59 Å². The van der Waals surface area contributed by atoms with Gasteiger partial charge in [-0.1, -0.05) is 11.6 Å². The van der Waals surface area contributed by atoms with Gasteiger partial charge in [0.2, 0.25) is 0 Å². The monoisotopic (exact) mass is 461 g/mol. The number of thioether (sulfide) groups is 1. The lowest BCUT2D eigenvalue weighted by atomic mass is 9.89. The highest BCUT2D eigenvalue weighted by Gasteiger charge is 2.29. The molecule has 3 aromatic rings. The van der Waals surface area contributed by atoms with Gasteiger partial charge in [0.25, 0.3) is 0 Å². The lowest BCUT2D eigenvalue weighted by Crippen LogP contribution is -2.40. The Morgan fingerprint density at radius 3 is 2.71 bits per heavy atom. The van der Waals surface area contributed by atoms with E-state index in [1.165, 1.54) is 11.8 Å². The summed E-state index contributed by atoms with van der Waals surface area (Å²) in [6.45, 7) is 1.96. The van der Waals surface area contributed by atoms with Crippen LogP contribution in [-0.2, 0) is 20.8 Å². The fraction of sp³-hybridized carbons (Fsp3) is 0.409. The number of methoxy groups -OCH3 is 1. The summed E-state index contributed by atoms with van der Waals surface area (Å²) in [5.74, 6) is 0.249. The summed E-state index contributed by atoms with van der Waals surface area (Å²) < 4.78 is 12.3. The van der Waals surface area contributed by atoms with E-state index in [2.05, 4.69) is 5.32 Å². The van der Waals surface area contributed by atoms with Crippen LogP contribution >= 0.6 is 23.4 Å². The van der Waals surface area contributed by atoms with Gasteiger partial charge >= 0.3 is 5.97 Å². The highest BCUT2D eigenvalue weighted by molar-refractivity contribution is 7.99. The minimum absolute atomic E-state index is 0.0688.